The monoisotopic (exact) mass is 310 g/mol. The molecule has 2 unspecified atom stereocenters. The normalized spacial score (nSPS) is 14.5. The van der Waals surface area contributed by atoms with Gasteiger partial charge in [0, 0.05) is 5.75 Å². The second-order valence-corrected chi connectivity index (χ2v) is 6.78. The van der Waals surface area contributed by atoms with E-state index in [1.807, 2.05) is 19.1 Å². The Kier molecular flexibility index (Phi) is 8.20. The molecule has 0 heterocycles. The van der Waals surface area contributed by atoms with Crippen LogP contribution in [0.5, 0.6) is 5.75 Å². The molecule has 21 heavy (non-hydrogen) atoms. The second kappa shape index (κ2) is 9.37. The molecule has 0 fully saturated rings. The van der Waals surface area contributed by atoms with Gasteiger partial charge in [-0.05, 0) is 48.8 Å². The Morgan fingerprint density at radius 2 is 1.62 bits per heavy atom. The van der Waals surface area contributed by atoms with Gasteiger partial charge in [-0.25, -0.2) is 0 Å². The fraction of sp³-hybridized carbons (Fsp3) is 0.667. The first-order chi connectivity index (χ1) is 9.93. The molecule has 0 saturated carbocycles. The predicted molar refractivity (Wildman–Crippen MR) is 93.4 cm³/mol. The molecule has 1 aromatic rings. The molecule has 0 spiro atoms. The summed E-state index contributed by atoms with van der Waals surface area (Å²) in [5.41, 5.74) is 1.40. The van der Waals surface area contributed by atoms with Crippen molar-refractivity contribution in [2.24, 2.45) is 11.8 Å². The van der Waals surface area contributed by atoms with E-state index in [1.165, 1.54) is 12.0 Å². The Bertz CT molecular complexity index is 387. The Morgan fingerprint density at radius 3 is 2.10 bits per heavy atom. The van der Waals surface area contributed by atoms with Crippen molar-refractivity contribution in [3.63, 3.8) is 0 Å². The largest absolute Gasteiger partial charge is 0.465 e. The van der Waals surface area contributed by atoms with Gasteiger partial charge in [0.2, 0.25) is 0 Å². The minimum absolute atomic E-state index is 0.237. The van der Waals surface area contributed by atoms with Crippen molar-refractivity contribution >= 4 is 12.6 Å². The number of hydrogen-bond donors (Lipinski definition) is 1. The first kappa shape index (κ1) is 18.4. The van der Waals surface area contributed by atoms with Crippen LogP contribution in [-0.2, 0) is 4.74 Å². The van der Waals surface area contributed by atoms with Crippen molar-refractivity contribution in [2.75, 3.05) is 12.4 Å². The van der Waals surface area contributed by atoms with E-state index >= 15 is 0 Å². The summed E-state index contributed by atoms with van der Waals surface area (Å²) in [6.07, 6.45) is 0.985. The maximum Gasteiger partial charge on any atom is 0.197 e. The topological polar surface area (TPSA) is 18.5 Å². The molecule has 1 aromatic carbocycles. The van der Waals surface area contributed by atoms with Gasteiger partial charge in [-0.2, -0.15) is 12.6 Å². The number of benzene rings is 1. The number of ether oxygens (including phenoxy) is 2. The van der Waals surface area contributed by atoms with Crippen LogP contribution in [-0.4, -0.2) is 18.6 Å². The van der Waals surface area contributed by atoms with Crippen LogP contribution in [0.4, 0.5) is 0 Å². The Morgan fingerprint density at radius 1 is 1.00 bits per heavy atom. The van der Waals surface area contributed by atoms with Gasteiger partial charge in [0.15, 0.2) is 6.29 Å². The lowest BCUT2D eigenvalue weighted by Crippen LogP contribution is -2.17. The van der Waals surface area contributed by atoms with Crippen LogP contribution >= 0.6 is 12.6 Å². The maximum atomic E-state index is 5.74. The molecule has 0 N–H and O–H groups in total. The summed E-state index contributed by atoms with van der Waals surface area (Å²) in [5.74, 6) is 3.53. The summed E-state index contributed by atoms with van der Waals surface area (Å²) in [5, 5.41) is 0. The van der Waals surface area contributed by atoms with E-state index in [-0.39, 0.29) is 6.29 Å². The zero-order chi connectivity index (χ0) is 15.8. The third kappa shape index (κ3) is 6.75. The maximum absolute atomic E-state index is 5.74. The minimum Gasteiger partial charge on any atom is -0.465 e. The van der Waals surface area contributed by atoms with Crippen molar-refractivity contribution < 1.29 is 9.47 Å². The summed E-state index contributed by atoms with van der Waals surface area (Å²) >= 11 is 4.12. The van der Waals surface area contributed by atoms with Gasteiger partial charge in [-0.1, -0.05) is 39.8 Å². The highest BCUT2D eigenvalue weighted by molar-refractivity contribution is 7.80. The summed E-state index contributed by atoms with van der Waals surface area (Å²) in [6, 6.07) is 8.47. The summed E-state index contributed by atoms with van der Waals surface area (Å²) in [6.45, 7) is 11.7. The van der Waals surface area contributed by atoms with Crippen LogP contribution in [0.1, 0.15) is 52.5 Å². The van der Waals surface area contributed by atoms with Gasteiger partial charge in [-0.15, -0.1) is 0 Å². The lowest BCUT2D eigenvalue weighted by Gasteiger charge is -2.24. The van der Waals surface area contributed by atoms with Gasteiger partial charge in [0.1, 0.15) is 5.75 Å². The fourth-order valence-corrected chi connectivity index (χ4v) is 2.64. The van der Waals surface area contributed by atoms with Crippen LogP contribution in [0.15, 0.2) is 24.3 Å². The molecule has 0 aromatic heterocycles. The molecule has 0 radical (unpaired) electrons. The highest BCUT2D eigenvalue weighted by Crippen LogP contribution is 2.32. The average molecular weight is 311 g/mol. The predicted octanol–water partition coefficient (Wildman–Crippen LogP) is 5.14. The minimum atomic E-state index is -0.237. The Labute approximate surface area is 135 Å². The van der Waals surface area contributed by atoms with Crippen molar-refractivity contribution in [1.82, 2.24) is 0 Å². The fourth-order valence-electron chi connectivity index (χ4n) is 2.54. The standard InChI is InChI=1S/C18H30O2S/c1-13(2)12-18(14(3)4)16-6-8-17(9-7-16)20-15(5)19-10-11-21/h6-9,13-15,18,21H,10-12H2,1-5H3. The molecule has 0 amide bonds. The van der Waals surface area contributed by atoms with E-state index in [1.54, 1.807) is 0 Å². The van der Waals surface area contributed by atoms with Crippen LogP contribution in [0, 0.1) is 11.8 Å². The van der Waals surface area contributed by atoms with Crippen molar-refractivity contribution in [3.05, 3.63) is 29.8 Å². The zero-order valence-corrected chi connectivity index (χ0v) is 14.9. The van der Waals surface area contributed by atoms with Crippen LogP contribution in [0.3, 0.4) is 0 Å². The zero-order valence-electron chi connectivity index (χ0n) is 14.0. The first-order valence-corrected chi connectivity index (χ1v) is 8.56. The molecule has 0 aliphatic heterocycles. The van der Waals surface area contributed by atoms with Crippen LogP contribution in [0.25, 0.3) is 0 Å². The summed E-state index contributed by atoms with van der Waals surface area (Å²) < 4.78 is 11.2. The summed E-state index contributed by atoms with van der Waals surface area (Å²) in [4.78, 5) is 0. The molecular weight excluding hydrogens is 280 g/mol. The van der Waals surface area contributed by atoms with E-state index < -0.39 is 0 Å². The van der Waals surface area contributed by atoms with Gasteiger partial charge in [-0.3, -0.25) is 0 Å². The van der Waals surface area contributed by atoms with Crippen molar-refractivity contribution in [1.29, 1.82) is 0 Å². The Hall–Kier alpha value is -0.670. The number of thiol groups is 1. The lowest BCUT2D eigenvalue weighted by molar-refractivity contribution is -0.0601. The number of hydrogen-bond acceptors (Lipinski definition) is 3. The molecule has 0 bridgehead atoms. The van der Waals surface area contributed by atoms with E-state index in [0.717, 1.165) is 5.75 Å². The Balaban J connectivity index is 2.67. The highest BCUT2D eigenvalue weighted by Gasteiger charge is 2.17. The smallest absolute Gasteiger partial charge is 0.197 e. The van der Waals surface area contributed by atoms with Gasteiger partial charge >= 0.3 is 0 Å². The van der Waals surface area contributed by atoms with E-state index in [4.69, 9.17) is 9.47 Å². The second-order valence-electron chi connectivity index (χ2n) is 6.33. The van der Waals surface area contributed by atoms with Crippen LogP contribution < -0.4 is 4.74 Å². The molecule has 0 aliphatic carbocycles. The van der Waals surface area contributed by atoms with Crippen molar-refractivity contribution in [3.8, 4) is 5.75 Å². The van der Waals surface area contributed by atoms with E-state index in [0.29, 0.717) is 30.1 Å². The third-order valence-corrected chi connectivity index (χ3v) is 3.77. The quantitative estimate of drug-likeness (QED) is 0.502. The average Bonchev–Trinajstić information content (AvgIpc) is 2.43. The summed E-state index contributed by atoms with van der Waals surface area (Å²) in [7, 11) is 0. The lowest BCUT2D eigenvalue weighted by atomic mass is 9.82. The molecule has 2 nitrogen and oxygen atoms in total. The molecular formula is C18H30O2S. The SMILES string of the molecule is CC(C)CC(c1ccc(OC(C)OCCS)cc1)C(C)C. The molecule has 0 saturated heterocycles. The van der Waals surface area contributed by atoms with Gasteiger partial charge in [0.25, 0.3) is 0 Å². The van der Waals surface area contributed by atoms with Gasteiger partial charge < -0.3 is 9.47 Å². The van der Waals surface area contributed by atoms with Crippen molar-refractivity contribution in [2.45, 2.75) is 53.2 Å². The van der Waals surface area contributed by atoms with Gasteiger partial charge in [0.05, 0.1) is 6.61 Å². The molecule has 0 aliphatic rings. The molecule has 3 heteroatoms. The highest BCUT2D eigenvalue weighted by atomic mass is 32.1. The molecule has 120 valence electrons. The molecule has 2 atom stereocenters. The number of rotatable bonds is 9. The van der Waals surface area contributed by atoms with E-state index in [2.05, 4.69) is 52.5 Å². The third-order valence-electron chi connectivity index (χ3n) is 3.58. The first-order valence-electron chi connectivity index (χ1n) is 7.93. The van der Waals surface area contributed by atoms with E-state index in [9.17, 15) is 0 Å². The molecule has 1 rings (SSSR count). The van der Waals surface area contributed by atoms with Crippen LogP contribution in [0.2, 0.25) is 0 Å².